The number of H-pyrrole nitrogens is 1. The van der Waals surface area contributed by atoms with Gasteiger partial charge >= 0.3 is 0 Å². The van der Waals surface area contributed by atoms with Crippen molar-refractivity contribution in [3.8, 4) is 11.3 Å². The number of rotatable bonds is 7. The first-order valence-corrected chi connectivity index (χ1v) is 9.68. The van der Waals surface area contributed by atoms with E-state index >= 15 is 4.39 Å². The van der Waals surface area contributed by atoms with Gasteiger partial charge in [-0.1, -0.05) is 19.4 Å². The average molecular weight is 380 g/mol. The van der Waals surface area contributed by atoms with Crippen LogP contribution in [0.15, 0.2) is 36.8 Å². The van der Waals surface area contributed by atoms with E-state index in [4.69, 9.17) is 10.7 Å². The zero-order chi connectivity index (χ0) is 19.7. The quantitative estimate of drug-likeness (QED) is 0.451. The van der Waals surface area contributed by atoms with Crippen LogP contribution < -0.4 is 11.1 Å². The van der Waals surface area contributed by atoms with Crippen LogP contribution in [-0.2, 0) is 0 Å². The summed E-state index contributed by atoms with van der Waals surface area (Å²) in [7, 11) is 1.95. The molecule has 3 heterocycles. The molecule has 3 aromatic heterocycles. The number of halogens is 1. The number of nitrogens with zero attached hydrogens (tertiary/aromatic N) is 3. The number of hydrogen-bond acceptors (Lipinski definition) is 4. The zero-order valence-corrected chi connectivity index (χ0v) is 16.2. The van der Waals surface area contributed by atoms with Gasteiger partial charge in [-0.2, -0.15) is 0 Å². The van der Waals surface area contributed by atoms with Crippen LogP contribution in [0.4, 0.5) is 10.2 Å². The number of aromatic nitrogens is 4. The first-order valence-electron chi connectivity index (χ1n) is 9.68. The van der Waals surface area contributed by atoms with E-state index in [1.807, 2.05) is 29.8 Å². The number of anilines is 1. The summed E-state index contributed by atoms with van der Waals surface area (Å²) >= 11 is 0. The Labute approximate surface area is 163 Å². The van der Waals surface area contributed by atoms with Crippen LogP contribution in [0.3, 0.4) is 0 Å². The van der Waals surface area contributed by atoms with E-state index in [0.717, 1.165) is 37.0 Å². The highest BCUT2D eigenvalue weighted by atomic mass is 19.1. The molecule has 146 valence electrons. The summed E-state index contributed by atoms with van der Waals surface area (Å²) in [6.07, 6.45) is 8.26. The molecule has 1 atom stereocenters. The number of fused-ring (bicyclic) bond motifs is 2. The summed E-state index contributed by atoms with van der Waals surface area (Å²) in [5.41, 5.74) is 8.32. The molecular formula is C21H25FN6. The SMILES string of the molecule is CCCC(CCNC)c1nc(-c2ccc3cc[nH]c3c2F)c2c(N)nccn12. The van der Waals surface area contributed by atoms with E-state index in [0.29, 0.717) is 28.1 Å². The van der Waals surface area contributed by atoms with Crippen molar-refractivity contribution >= 4 is 22.2 Å². The maximum atomic E-state index is 15.3. The van der Waals surface area contributed by atoms with E-state index in [2.05, 4.69) is 22.2 Å². The van der Waals surface area contributed by atoms with Crippen LogP contribution >= 0.6 is 0 Å². The molecule has 1 unspecified atom stereocenters. The molecule has 4 N–H and O–H groups in total. The maximum Gasteiger partial charge on any atom is 0.156 e. The fourth-order valence-electron chi connectivity index (χ4n) is 3.91. The summed E-state index contributed by atoms with van der Waals surface area (Å²) in [6, 6.07) is 5.52. The number of nitrogens with one attached hydrogen (secondary N) is 2. The Morgan fingerprint density at radius 2 is 2.14 bits per heavy atom. The first-order chi connectivity index (χ1) is 13.7. The van der Waals surface area contributed by atoms with Gasteiger partial charge in [0, 0.05) is 35.5 Å². The van der Waals surface area contributed by atoms with E-state index in [1.165, 1.54) is 0 Å². The van der Waals surface area contributed by atoms with Gasteiger partial charge in [0.25, 0.3) is 0 Å². The highest BCUT2D eigenvalue weighted by Gasteiger charge is 2.24. The van der Waals surface area contributed by atoms with Crippen LogP contribution in [0, 0.1) is 5.82 Å². The normalized spacial score (nSPS) is 12.8. The molecule has 0 amide bonds. The van der Waals surface area contributed by atoms with Gasteiger partial charge in [0.05, 0.1) is 5.52 Å². The molecule has 1 aromatic carbocycles. The van der Waals surface area contributed by atoms with Gasteiger partial charge in [0.2, 0.25) is 0 Å². The molecule has 0 saturated carbocycles. The van der Waals surface area contributed by atoms with E-state index in [-0.39, 0.29) is 11.7 Å². The molecule has 0 bridgehead atoms. The summed E-state index contributed by atoms with van der Waals surface area (Å²) in [5.74, 6) is 1.19. The lowest BCUT2D eigenvalue weighted by molar-refractivity contribution is 0.525. The minimum absolute atomic E-state index is 0.248. The number of nitrogen functional groups attached to an aromatic ring is 1. The lowest BCUT2D eigenvalue weighted by atomic mass is 9.99. The molecule has 0 aliphatic rings. The van der Waals surface area contributed by atoms with Gasteiger partial charge in [-0.05, 0) is 38.6 Å². The molecule has 4 aromatic rings. The molecule has 6 nitrogen and oxygen atoms in total. The summed E-state index contributed by atoms with van der Waals surface area (Å²) < 4.78 is 17.2. The highest BCUT2D eigenvalue weighted by Crippen LogP contribution is 2.35. The standard InChI is InChI=1S/C21H25FN6/c1-3-4-14(7-9-24-2)21-27-18(19-20(23)26-11-12-28(19)21)15-6-5-13-8-10-25-17(13)16(15)22/h5-6,8,10-12,14,24-25H,3-4,7,9H2,1-2H3,(H2,23,26). The molecule has 0 spiro atoms. The third-order valence-electron chi connectivity index (χ3n) is 5.28. The molecule has 4 rings (SSSR count). The number of aromatic amines is 1. The zero-order valence-electron chi connectivity index (χ0n) is 16.2. The van der Waals surface area contributed by atoms with Crippen LogP contribution in [0.2, 0.25) is 0 Å². The van der Waals surface area contributed by atoms with Crippen LogP contribution in [0.5, 0.6) is 0 Å². The predicted molar refractivity (Wildman–Crippen MR) is 111 cm³/mol. The number of imidazole rings is 1. The molecule has 0 saturated heterocycles. The summed E-state index contributed by atoms with van der Waals surface area (Å²) in [4.78, 5) is 12.1. The second-order valence-electron chi connectivity index (χ2n) is 7.10. The van der Waals surface area contributed by atoms with E-state index in [1.54, 1.807) is 18.5 Å². The van der Waals surface area contributed by atoms with Crippen molar-refractivity contribution in [2.24, 2.45) is 0 Å². The van der Waals surface area contributed by atoms with Gasteiger partial charge in [-0.15, -0.1) is 0 Å². The topological polar surface area (TPSA) is 84.0 Å². The molecular weight excluding hydrogens is 355 g/mol. The first kappa shape index (κ1) is 18.4. The van der Waals surface area contributed by atoms with Crippen molar-refractivity contribution in [3.63, 3.8) is 0 Å². The van der Waals surface area contributed by atoms with Crippen molar-refractivity contribution in [2.45, 2.75) is 32.1 Å². The lowest BCUT2D eigenvalue weighted by Gasteiger charge is -2.15. The number of hydrogen-bond donors (Lipinski definition) is 3. The second kappa shape index (κ2) is 7.59. The Morgan fingerprint density at radius 1 is 1.29 bits per heavy atom. The highest BCUT2D eigenvalue weighted by molar-refractivity contribution is 5.91. The molecule has 0 fully saturated rings. The Hall–Kier alpha value is -2.93. The van der Waals surface area contributed by atoms with Gasteiger partial charge in [0.15, 0.2) is 5.82 Å². The molecule has 0 radical (unpaired) electrons. The van der Waals surface area contributed by atoms with Crippen molar-refractivity contribution < 1.29 is 4.39 Å². The Kier molecular flexibility index (Phi) is 5.00. The van der Waals surface area contributed by atoms with Crippen LogP contribution in [0.25, 0.3) is 27.7 Å². The minimum Gasteiger partial charge on any atom is -0.382 e. The summed E-state index contributed by atoms with van der Waals surface area (Å²) in [6.45, 7) is 3.05. The minimum atomic E-state index is -0.320. The monoisotopic (exact) mass is 380 g/mol. The Morgan fingerprint density at radius 3 is 2.93 bits per heavy atom. The Balaban J connectivity index is 1.94. The van der Waals surface area contributed by atoms with Crippen molar-refractivity contribution in [3.05, 3.63) is 48.4 Å². The lowest BCUT2D eigenvalue weighted by Crippen LogP contribution is -2.14. The average Bonchev–Trinajstić information content (AvgIpc) is 3.32. The second-order valence-corrected chi connectivity index (χ2v) is 7.10. The van der Waals surface area contributed by atoms with Crippen molar-refractivity contribution in [2.75, 3.05) is 19.3 Å². The van der Waals surface area contributed by atoms with Gasteiger partial charge < -0.3 is 16.0 Å². The number of benzene rings is 1. The molecule has 0 aliphatic heterocycles. The third kappa shape index (κ3) is 3.01. The van der Waals surface area contributed by atoms with Crippen LogP contribution in [-0.4, -0.2) is 32.9 Å². The van der Waals surface area contributed by atoms with E-state index < -0.39 is 0 Å². The van der Waals surface area contributed by atoms with Crippen molar-refractivity contribution in [1.82, 2.24) is 24.7 Å². The predicted octanol–water partition coefficient (Wildman–Crippen LogP) is 4.09. The van der Waals surface area contributed by atoms with Crippen LogP contribution in [0.1, 0.15) is 37.9 Å². The van der Waals surface area contributed by atoms with E-state index in [9.17, 15) is 0 Å². The fraction of sp³-hybridized carbons (Fsp3) is 0.333. The molecule has 28 heavy (non-hydrogen) atoms. The largest absolute Gasteiger partial charge is 0.382 e. The third-order valence-corrected chi connectivity index (χ3v) is 5.28. The Bertz CT molecular complexity index is 1110. The van der Waals surface area contributed by atoms with Gasteiger partial charge in [-0.3, -0.25) is 4.40 Å². The van der Waals surface area contributed by atoms with Gasteiger partial charge in [0.1, 0.15) is 22.9 Å². The number of nitrogens with two attached hydrogens (primary N) is 1. The molecule has 0 aliphatic carbocycles. The smallest absolute Gasteiger partial charge is 0.156 e. The summed E-state index contributed by atoms with van der Waals surface area (Å²) in [5, 5.41) is 4.04. The maximum absolute atomic E-state index is 15.3. The molecule has 7 heteroatoms. The van der Waals surface area contributed by atoms with Crippen molar-refractivity contribution in [1.29, 1.82) is 0 Å². The van der Waals surface area contributed by atoms with Gasteiger partial charge in [-0.25, -0.2) is 14.4 Å². The fourth-order valence-corrected chi connectivity index (χ4v) is 3.91.